The van der Waals surface area contributed by atoms with Crippen molar-refractivity contribution in [2.45, 2.75) is 32.2 Å². The van der Waals surface area contributed by atoms with Gasteiger partial charge in [-0.3, -0.25) is 9.69 Å². The van der Waals surface area contributed by atoms with E-state index in [0.717, 1.165) is 43.9 Å². The number of hydrogen-bond donors (Lipinski definition) is 1. The van der Waals surface area contributed by atoms with E-state index in [0.29, 0.717) is 0 Å². The van der Waals surface area contributed by atoms with Gasteiger partial charge >= 0.3 is 5.97 Å². The number of thioether (sulfide) groups is 1. The van der Waals surface area contributed by atoms with Crippen molar-refractivity contribution >= 4 is 17.7 Å². The van der Waals surface area contributed by atoms with Crippen LogP contribution >= 0.6 is 11.8 Å². The monoisotopic (exact) mass is 217 g/mol. The van der Waals surface area contributed by atoms with Crippen LogP contribution in [0.2, 0.25) is 0 Å². The molecule has 1 atom stereocenters. The first kappa shape index (κ1) is 11.9. The summed E-state index contributed by atoms with van der Waals surface area (Å²) in [5.41, 5.74) is 0. The number of hydrogen-bond acceptors (Lipinski definition) is 3. The third-order valence-corrected chi connectivity index (χ3v) is 3.51. The fraction of sp³-hybridized carbons (Fsp3) is 0.900. The Labute approximate surface area is 89.9 Å². The fourth-order valence-electron chi connectivity index (χ4n) is 1.86. The van der Waals surface area contributed by atoms with E-state index in [-0.39, 0.29) is 6.04 Å². The lowest BCUT2D eigenvalue weighted by Crippen LogP contribution is -2.45. The SMILES string of the molecule is CCSCCN1CCCCC1C(=O)O. The van der Waals surface area contributed by atoms with Crippen molar-refractivity contribution in [3.63, 3.8) is 0 Å². The van der Waals surface area contributed by atoms with Crippen LogP contribution in [-0.4, -0.2) is 46.6 Å². The Bertz CT molecular complexity index is 187. The molecule has 0 radical (unpaired) electrons. The van der Waals surface area contributed by atoms with Gasteiger partial charge in [-0.25, -0.2) is 0 Å². The molecule has 14 heavy (non-hydrogen) atoms. The third-order valence-electron chi connectivity index (χ3n) is 2.63. The molecule has 0 spiro atoms. The molecule has 1 heterocycles. The summed E-state index contributed by atoms with van der Waals surface area (Å²) in [6.07, 6.45) is 3.04. The number of aliphatic carboxylic acids is 1. The van der Waals surface area contributed by atoms with Gasteiger partial charge in [0.05, 0.1) is 0 Å². The van der Waals surface area contributed by atoms with Crippen LogP contribution in [0.25, 0.3) is 0 Å². The maximum absolute atomic E-state index is 10.9. The molecule has 3 nitrogen and oxygen atoms in total. The molecule has 4 heteroatoms. The summed E-state index contributed by atoms with van der Waals surface area (Å²) in [5.74, 6) is 1.53. The summed E-state index contributed by atoms with van der Waals surface area (Å²) in [6.45, 7) is 4.02. The van der Waals surface area contributed by atoms with Crippen LogP contribution < -0.4 is 0 Å². The van der Waals surface area contributed by atoms with Crippen LogP contribution in [0.1, 0.15) is 26.2 Å². The Morgan fingerprint density at radius 1 is 1.57 bits per heavy atom. The Hall–Kier alpha value is -0.220. The van der Waals surface area contributed by atoms with Crippen molar-refractivity contribution in [2.75, 3.05) is 24.6 Å². The third kappa shape index (κ3) is 3.50. The van der Waals surface area contributed by atoms with Crippen molar-refractivity contribution in [1.29, 1.82) is 0 Å². The predicted octanol–water partition coefficient (Wildman–Crippen LogP) is 1.68. The quantitative estimate of drug-likeness (QED) is 0.711. The van der Waals surface area contributed by atoms with Gasteiger partial charge in [-0.15, -0.1) is 0 Å². The van der Waals surface area contributed by atoms with Crippen LogP contribution in [0, 0.1) is 0 Å². The van der Waals surface area contributed by atoms with Crippen LogP contribution in [0.4, 0.5) is 0 Å². The number of rotatable bonds is 5. The maximum Gasteiger partial charge on any atom is 0.320 e. The van der Waals surface area contributed by atoms with E-state index in [2.05, 4.69) is 11.8 Å². The highest BCUT2D eigenvalue weighted by Crippen LogP contribution is 2.17. The van der Waals surface area contributed by atoms with E-state index in [9.17, 15) is 4.79 Å². The molecule has 0 aromatic rings. The Morgan fingerprint density at radius 3 is 3.00 bits per heavy atom. The van der Waals surface area contributed by atoms with Crippen LogP contribution in [0.15, 0.2) is 0 Å². The first-order valence-corrected chi connectivity index (χ1v) is 6.45. The van der Waals surface area contributed by atoms with E-state index in [1.807, 2.05) is 11.8 Å². The molecule has 0 saturated carbocycles. The smallest absolute Gasteiger partial charge is 0.320 e. The molecule has 82 valence electrons. The molecule has 1 aliphatic heterocycles. The average molecular weight is 217 g/mol. The van der Waals surface area contributed by atoms with Gasteiger partial charge in [0.15, 0.2) is 0 Å². The minimum Gasteiger partial charge on any atom is -0.480 e. The van der Waals surface area contributed by atoms with Crippen molar-refractivity contribution in [2.24, 2.45) is 0 Å². The number of carboxylic acids is 1. The van der Waals surface area contributed by atoms with Crippen molar-refractivity contribution in [3.05, 3.63) is 0 Å². The van der Waals surface area contributed by atoms with Gasteiger partial charge in [0, 0.05) is 12.3 Å². The second kappa shape index (κ2) is 6.30. The molecule has 1 fully saturated rings. The van der Waals surface area contributed by atoms with Crippen molar-refractivity contribution < 1.29 is 9.90 Å². The summed E-state index contributed by atoms with van der Waals surface area (Å²) in [6, 6.07) is -0.221. The number of nitrogens with zero attached hydrogens (tertiary/aromatic N) is 1. The highest BCUT2D eigenvalue weighted by atomic mass is 32.2. The van der Waals surface area contributed by atoms with E-state index < -0.39 is 5.97 Å². The topological polar surface area (TPSA) is 40.5 Å². The number of carbonyl (C=O) groups is 1. The Morgan fingerprint density at radius 2 is 2.36 bits per heavy atom. The summed E-state index contributed by atoms with van der Waals surface area (Å²) in [7, 11) is 0. The predicted molar refractivity (Wildman–Crippen MR) is 59.8 cm³/mol. The lowest BCUT2D eigenvalue weighted by atomic mass is 10.0. The highest BCUT2D eigenvalue weighted by molar-refractivity contribution is 7.99. The zero-order chi connectivity index (χ0) is 10.4. The number of piperidine rings is 1. The van der Waals surface area contributed by atoms with Crippen LogP contribution in [0.3, 0.4) is 0 Å². The highest BCUT2D eigenvalue weighted by Gasteiger charge is 2.27. The molecule has 1 aliphatic rings. The molecule has 1 N–H and O–H groups in total. The second-order valence-electron chi connectivity index (χ2n) is 3.58. The Kier molecular flexibility index (Phi) is 5.33. The average Bonchev–Trinajstić information content (AvgIpc) is 2.19. The van der Waals surface area contributed by atoms with Gasteiger partial charge in [-0.2, -0.15) is 11.8 Å². The summed E-state index contributed by atoms with van der Waals surface area (Å²) >= 11 is 1.88. The zero-order valence-corrected chi connectivity index (χ0v) is 9.55. The molecular weight excluding hydrogens is 198 g/mol. The van der Waals surface area contributed by atoms with Gasteiger partial charge in [-0.1, -0.05) is 13.3 Å². The number of carboxylic acid groups (broad SMARTS) is 1. The van der Waals surface area contributed by atoms with Crippen molar-refractivity contribution in [1.82, 2.24) is 4.90 Å². The van der Waals surface area contributed by atoms with E-state index in [1.54, 1.807) is 0 Å². The first-order valence-electron chi connectivity index (χ1n) is 5.30. The molecule has 0 aromatic carbocycles. The zero-order valence-electron chi connectivity index (χ0n) is 8.74. The molecule has 0 aliphatic carbocycles. The summed E-state index contributed by atoms with van der Waals surface area (Å²) < 4.78 is 0. The fourth-order valence-corrected chi connectivity index (χ4v) is 2.52. The van der Waals surface area contributed by atoms with Gasteiger partial charge < -0.3 is 5.11 Å². The van der Waals surface area contributed by atoms with Crippen LogP contribution in [-0.2, 0) is 4.79 Å². The van der Waals surface area contributed by atoms with E-state index in [1.165, 1.54) is 0 Å². The van der Waals surface area contributed by atoms with Crippen LogP contribution in [0.5, 0.6) is 0 Å². The Balaban J connectivity index is 2.34. The van der Waals surface area contributed by atoms with Gasteiger partial charge in [0.2, 0.25) is 0 Å². The molecule has 1 saturated heterocycles. The standard InChI is InChI=1S/C10H19NO2S/c1-2-14-8-7-11-6-4-3-5-9(11)10(12)13/h9H,2-8H2,1H3,(H,12,13). The maximum atomic E-state index is 10.9. The number of likely N-dealkylation sites (tertiary alicyclic amines) is 1. The van der Waals surface area contributed by atoms with Gasteiger partial charge in [-0.05, 0) is 25.1 Å². The first-order chi connectivity index (χ1) is 6.75. The minimum absolute atomic E-state index is 0.221. The van der Waals surface area contributed by atoms with Gasteiger partial charge in [0.1, 0.15) is 6.04 Å². The molecule has 0 amide bonds. The largest absolute Gasteiger partial charge is 0.480 e. The lowest BCUT2D eigenvalue weighted by Gasteiger charge is -2.32. The minimum atomic E-state index is -0.647. The lowest BCUT2D eigenvalue weighted by molar-refractivity contribution is -0.144. The van der Waals surface area contributed by atoms with Crippen molar-refractivity contribution in [3.8, 4) is 0 Å². The molecule has 1 unspecified atom stereocenters. The van der Waals surface area contributed by atoms with E-state index >= 15 is 0 Å². The molecular formula is C10H19NO2S. The second-order valence-corrected chi connectivity index (χ2v) is 4.98. The summed E-state index contributed by atoms with van der Waals surface area (Å²) in [4.78, 5) is 13.1. The normalized spacial score (nSPS) is 23.6. The summed E-state index contributed by atoms with van der Waals surface area (Å²) in [5, 5.41) is 9.02. The molecule has 1 rings (SSSR count). The van der Waals surface area contributed by atoms with Gasteiger partial charge in [0.25, 0.3) is 0 Å². The molecule has 0 bridgehead atoms. The van der Waals surface area contributed by atoms with E-state index in [4.69, 9.17) is 5.11 Å². The molecule has 0 aromatic heterocycles.